The number of nitro groups is 1. The average Bonchev–Trinajstić information content (AvgIpc) is 3.94. The monoisotopic (exact) mass is 978 g/mol. The van der Waals surface area contributed by atoms with Gasteiger partial charge in [-0.2, -0.15) is 26.3 Å². The number of hydrogen-bond donors (Lipinski definition) is 3. The Hall–Kier alpha value is -8.16. The van der Waals surface area contributed by atoms with E-state index in [2.05, 4.69) is 60.5 Å². The van der Waals surface area contributed by atoms with E-state index in [-0.39, 0.29) is 43.0 Å². The number of nitrogen functional groups attached to an aromatic ring is 1. The van der Waals surface area contributed by atoms with Gasteiger partial charge in [0, 0.05) is 61.8 Å². The van der Waals surface area contributed by atoms with Crippen molar-refractivity contribution in [2.75, 3.05) is 16.4 Å². The van der Waals surface area contributed by atoms with Crippen molar-refractivity contribution in [3.63, 3.8) is 0 Å². The molecule has 370 valence electrons. The normalized spacial score (nSPS) is 11.5. The average molecular weight is 979 g/mol. The zero-order valence-corrected chi connectivity index (χ0v) is 38.8. The Morgan fingerprint density at radius 1 is 0.606 bits per heavy atom. The van der Waals surface area contributed by atoms with Crippen molar-refractivity contribution in [3.05, 3.63) is 166 Å². The highest BCUT2D eigenvalue weighted by atomic mass is 19.4. The second-order valence-electron chi connectivity index (χ2n) is 16.9. The molecule has 8 rings (SSSR count). The molecule has 14 nitrogen and oxygen atoms in total. The van der Waals surface area contributed by atoms with Gasteiger partial charge >= 0.3 is 18.0 Å². The summed E-state index contributed by atoms with van der Waals surface area (Å²) in [7, 11) is 3.04. The molecule has 0 aliphatic rings. The highest BCUT2D eigenvalue weighted by Crippen LogP contribution is 2.34. The van der Waals surface area contributed by atoms with Crippen LogP contribution in [0.25, 0.3) is 45.6 Å². The maximum absolute atomic E-state index is 13.0. The summed E-state index contributed by atoms with van der Waals surface area (Å²) in [4.78, 5) is 36.1. The number of nitrogens with two attached hydrogens (primary N) is 1. The minimum atomic E-state index is -4.53. The molecule has 0 saturated carbocycles. The van der Waals surface area contributed by atoms with Crippen LogP contribution < -0.4 is 16.4 Å². The van der Waals surface area contributed by atoms with E-state index in [0.29, 0.717) is 46.7 Å². The molecule has 0 fully saturated rings. The molecule has 4 aromatic heterocycles. The van der Waals surface area contributed by atoms with Gasteiger partial charge in [-0.15, -0.1) is 0 Å². The fourth-order valence-corrected chi connectivity index (χ4v) is 7.50. The number of alkyl halides is 6. The van der Waals surface area contributed by atoms with Gasteiger partial charge in [0.2, 0.25) is 5.82 Å². The van der Waals surface area contributed by atoms with Crippen LogP contribution in [0.4, 0.5) is 49.4 Å². The summed E-state index contributed by atoms with van der Waals surface area (Å²) in [6.45, 7) is 8.96. The molecule has 0 spiro atoms. The topological polar surface area (TPSA) is 180 Å². The summed E-state index contributed by atoms with van der Waals surface area (Å²) >= 11 is 0. The maximum Gasteiger partial charge on any atom is 0.434 e. The minimum absolute atomic E-state index is 0. The molecular formula is C51H52F6N12O2. The van der Waals surface area contributed by atoms with E-state index < -0.39 is 28.7 Å². The Morgan fingerprint density at radius 3 is 1.39 bits per heavy atom. The van der Waals surface area contributed by atoms with E-state index in [9.17, 15) is 36.5 Å². The van der Waals surface area contributed by atoms with E-state index in [1.54, 1.807) is 49.6 Å². The van der Waals surface area contributed by atoms with Crippen LogP contribution in [-0.4, -0.2) is 44.0 Å². The number of imidazole rings is 2. The molecule has 0 aliphatic heterocycles. The number of hydrogen-bond acceptors (Lipinski definition) is 11. The zero-order valence-electron chi connectivity index (χ0n) is 38.8. The lowest BCUT2D eigenvalue weighted by Crippen LogP contribution is -2.07. The third kappa shape index (κ3) is 12.4. The van der Waals surface area contributed by atoms with Crippen LogP contribution in [0.15, 0.2) is 122 Å². The molecule has 71 heavy (non-hydrogen) atoms. The third-order valence-corrected chi connectivity index (χ3v) is 11.1. The van der Waals surface area contributed by atoms with Gasteiger partial charge in [0.25, 0.3) is 0 Å². The molecule has 20 heteroatoms. The second-order valence-corrected chi connectivity index (χ2v) is 16.9. The van der Waals surface area contributed by atoms with Gasteiger partial charge in [0.15, 0.2) is 28.9 Å². The molecule has 0 aliphatic carbocycles. The smallest absolute Gasteiger partial charge is 0.394 e. The first-order valence-corrected chi connectivity index (χ1v) is 21.9. The number of rotatable bonds is 13. The van der Waals surface area contributed by atoms with Gasteiger partial charge < -0.3 is 25.5 Å². The molecule has 4 N–H and O–H groups in total. The van der Waals surface area contributed by atoms with Gasteiger partial charge in [-0.05, 0) is 34.1 Å². The molecular weight excluding hydrogens is 927 g/mol. The van der Waals surface area contributed by atoms with Gasteiger partial charge in [0.1, 0.15) is 17.8 Å². The summed E-state index contributed by atoms with van der Waals surface area (Å²) in [5.74, 6) is 2.52. The number of nitrogens with zero attached hydrogens (tertiary/aromatic N) is 9. The lowest BCUT2D eigenvalue weighted by molar-refractivity contribution is -0.384. The van der Waals surface area contributed by atoms with Crippen LogP contribution >= 0.6 is 0 Å². The summed E-state index contributed by atoms with van der Waals surface area (Å²) in [5.41, 5.74) is 11.1. The quantitative estimate of drug-likeness (QED) is 0.0568. The molecule has 0 radical (unpaired) electrons. The summed E-state index contributed by atoms with van der Waals surface area (Å²) < 4.78 is 80.4. The van der Waals surface area contributed by atoms with E-state index in [4.69, 9.17) is 5.73 Å². The van der Waals surface area contributed by atoms with E-state index in [1.807, 2.05) is 68.4 Å². The van der Waals surface area contributed by atoms with E-state index in [0.717, 1.165) is 45.8 Å². The van der Waals surface area contributed by atoms with Crippen molar-refractivity contribution in [1.29, 1.82) is 0 Å². The van der Waals surface area contributed by atoms with E-state index >= 15 is 0 Å². The number of aromatic nitrogens is 8. The summed E-state index contributed by atoms with van der Waals surface area (Å²) in [6.07, 6.45) is -4.31. The van der Waals surface area contributed by atoms with Crippen molar-refractivity contribution < 1.29 is 31.3 Å². The minimum Gasteiger partial charge on any atom is -0.394 e. The van der Waals surface area contributed by atoms with Crippen LogP contribution in [0, 0.1) is 10.1 Å². The Kier molecular flexibility index (Phi) is 15.9. The highest BCUT2D eigenvalue weighted by Gasteiger charge is 2.35. The number of anilines is 3. The van der Waals surface area contributed by atoms with Gasteiger partial charge in [-0.1, -0.05) is 132 Å². The molecule has 0 saturated heterocycles. The van der Waals surface area contributed by atoms with Crippen LogP contribution in [0.1, 0.15) is 80.6 Å². The molecule has 4 aromatic carbocycles. The van der Waals surface area contributed by atoms with Gasteiger partial charge in [0.05, 0.1) is 16.8 Å². The third-order valence-electron chi connectivity index (χ3n) is 11.1. The SMILES string of the molecule is C.CC(C)c1ccccc1-c1ncc(N)c(NCc2ccc(-c3nc(C(F)(F)F)cn3C)cc2)n1.CC(C)c1ccccc1-c1ncc([N+](=O)[O-])c(NCc2ccc(-c3nc(C(F)(F)F)cn3C)cc2)n1. The first-order valence-electron chi connectivity index (χ1n) is 21.9. The Bertz CT molecular complexity index is 3110. The van der Waals surface area contributed by atoms with Crippen molar-refractivity contribution in [1.82, 2.24) is 39.0 Å². The fourth-order valence-electron chi connectivity index (χ4n) is 7.50. The predicted octanol–water partition coefficient (Wildman–Crippen LogP) is 12.7. The zero-order chi connectivity index (χ0) is 50.5. The Labute approximate surface area is 406 Å². The molecule has 0 unspecified atom stereocenters. The first-order chi connectivity index (χ1) is 33.2. The largest absolute Gasteiger partial charge is 0.434 e. The first kappa shape index (κ1) is 52.2. The van der Waals surface area contributed by atoms with Crippen molar-refractivity contribution in [3.8, 4) is 45.6 Å². The fraction of sp³-hybridized carbons (Fsp3) is 0.255. The van der Waals surface area contributed by atoms with Crippen LogP contribution in [-0.2, 0) is 39.5 Å². The molecule has 4 heterocycles. The highest BCUT2D eigenvalue weighted by molar-refractivity contribution is 5.69. The Morgan fingerprint density at radius 2 is 1.00 bits per heavy atom. The molecule has 0 atom stereocenters. The number of benzene rings is 4. The molecule has 8 aromatic rings. The van der Waals surface area contributed by atoms with E-state index in [1.165, 1.54) is 22.4 Å². The predicted molar refractivity (Wildman–Crippen MR) is 263 cm³/mol. The van der Waals surface area contributed by atoms with Crippen molar-refractivity contribution >= 4 is 23.0 Å². The van der Waals surface area contributed by atoms with Gasteiger partial charge in [-0.3, -0.25) is 10.1 Å². The van der Waals surface area contributed by atoms with Crippen molar-refractivity contribution in [2.24, 2.45) is 14.1 Å². The lowest BCUT2D eigenvalue weighted by Gasteiger charge is -2.14. The Balaban J connectivity index is 0.000000230. The van der Waals surface area contributed by atoms with Crippen molar-refractivity contribution in [2.45, 2.75) is 72.4 Å². The molecule has 0 amide bonds. The standard InChI is InChI=1S/C25H23F3N6O2.C25H25F3N6.CH4/c1-15(2)18-6-4-5-7-19(18)22-30-13-20(34(35)36)23(32-22)29-12-16-8-10-17(11-9-16)24-31-21(14-33(24)3)25(26,27)28;1-15(2)18-6-4-5-7-19(18)22-31-13-20(29)23(33-22)30-12-16-8-10-17(11-9-16)24-32-21(14-34(24)3)25(26,27)28;/h4-11,13-15H,12H2,1-3H3,(H,29,30,32);4-11,13-15H,12,29H2,1-3H3,(H,30,31,33);1H4. The maximum atomic E-state index is 13.0. The van der Waals surface area contributed by atoms with Crippen LogP contribution in [0.3, 0.4) is 0 Å². The van der Waals surface area contributed by atoms with Crippen LogP contribution in [0.5, 0.6) is 0 Å². The summed E-state index contributed by atoms with van der Waals surface area (Å²) in [5, 5.41) is 17.8. The second kappa shape index (κ2) is 21.6. The number of halogens is 6. The number of aryl methyl sites for hydroxylation is 2. The molecule has 0 bridgehead atoms. The summed E-state index contributed by atoms with van der Waals surface area (Å²) in [6, 6.07) is 29.5. The van der Waals surface area contributed by atoms with Gasteiger partial charge in [-0.25, -0.2) is 29.9 Å². The van der Waals surface area contributed by atoms with Crippen LogP contribution in [0.2, 0.25) is 0 Å². The number of nitrogens with one attached hydrogen (secondary N) is 2. The lowest BCUT2D eigenvalue weighted by atomic mass is 9.97.